The van der Waals surface area contributed by atoms with Gasteiger partial charge in [-0.3, -0.25) is 9.69 Å². The number of hydrogen-bond acceptors (Lipinski definition) is 7. The zero-order chi connectivity index (χ0) is 13.7. The molecule has 0 N–H and O–H groups in total. The SMILES string of the molecule is CCOC(=O)CN(C)Cc1nc(-c2ccsc2)no1. The number of carbonyl (C=O) groups is 1. The molecule has 0 fully saturated rings. The van der Waals surface area contributed by atoms with Crippen LogP contribution in [-0.4, -0.2) is 41.2 Å². The predicted molar refractivity (Wildman–Crippen MR) is 70.6 cm³/mol. The molecule has 2 aromatic heterocycles. The van der Waals surface area contributed by atoms with Crippen molar-refractivity contribution in [2.75, 3.05) is 20.2 Å². The minimum atomic E-state index is -0.262. The Labute approximate surface area is 115 Å². The van der Waals surface area contributed by atoms with Gasteiger partial charge in [-0.15, -0.1) is 0 Å². The van der Waals surface area contributed by atoms with Gasteiger partial charge in [0.15, 0.2) is 0 Å². The molecule has 2 rings (SSSR count). The van der Waals surface area contributed by atoms with Gasteiger partial charge in [-0.1, -0.05) is 5.16 Å². The van der Waals surface area contributed by atoms with Crippen LogP contribution in [0.25, 0.3) is 11.4 Å². The summed E-state index contributed by atoms with van der Waals surface area (Å²) < 4.78 is 10.0. The first kappa shape index (κ1) is 13.7. The van der Waals surface area contributed by atoms with Crippen LogP contribution in [0.3, 0.4) is 0 Å². The molecule has 0 bridgehead atoms. The van der Waals surface area contributed by atoms with E-state index in [2.05, 4.69) is 10.1 Å². The van der Waals surface area contributed by atoms with E-state index >= 15 is 0 Å². The molecule has 7 heteroatoms. The Morgan fingerprint density at radius 1 is 1.58 bits per heavy atom. The van der Waals surface area contributed by atoms with Crippen molar-refractivity contribution in [2.24, 2.45) is 0 Å². The van der Waals surface area contributed by atoms with Gasteiger partial charge >= 0.3 is 5.97 Å². The minimum absolute atomic E-state index is 0.198. The van der Waals surface area contributed by atoms with E-state index in [1.54, 1.807) is 30.2 Å². The number of ether oxygens (including phenoxy) is 1. The second-order valence-electron chi connectivity index (χ2n) is 4.00. The lowest BCUT2D eigenvalue weighted by molar-refractivity contribution is -0.144. The van der Waals surface area contributed by atoms with Gasteiger partial charge in [-0.25, -0.2) is 0 Å². The summed E-state index contributed by atoms with van der Waals surface area (Å²) in [5, 5.41) is 7.82. The normalized spacial score (nSPS) is 10.9. The van der Waals surface area contributed by atoms with Gasteiger partial charge in [0.25, 0.3) is 0 Å². The van der Waals surface area contributed by atoms with Gasteiger partial charge in [-0.2, -0.15) is 16.3 Å². The van der Waals surface area contributed by atoms with Gasteiger partial charge in [0.05, 0.1) is 19.7 Å². The van der Waals surface area contributed by atoms with Gasteiger partial charge in [0.1, 0.15) is 0 Å². The largest absolute Gasteiger partial charge is 0.465 e. The first-order chi connectivity index (χ1) is 9.19. The lowest BCUT2D eigenvalue weighted by Crippen LogP contribution is -2.27. The zero-order valence-corrected chi connectivity index (χ0v) is 11.6. The molecule has 102 valence electrons. The molecule has 0 aliphatic carbocycles. The fraction of sp³-hybridized carbons (Fsp3) is 0.417. The Morgan fingerprint density at radius 2 is 2.42 bits per heavy atom. The van der Waals surface area contributed by atoms with Crippen molar-refractivity contribution in [3.8, 4) is 11.4 Å². The van der Waals surface area contributed by atoms with Crippen molar-refractivity contribution >= 4 is 17.3 Å². The number of hydrogen-bond donors (Lipinski definition) is 0. The van der Waals surface area contributed by atoms with Crippen LogP contribution in [0, 0.1) is 0 Å². The van der Waals surface area contributed by atoms with Crippen molar-refractivity contribution in [3.63, 3.8) is 0 Å². The summed E-state index contributed by atoms with van der Waals surface area (Å²) in [4.78, 5) is 17.4. The average Bonchev–Trinajstić information content (AvgIpc) is 2.98. The number of carbonyl (C=O) groups excluding carboxylic acids is 1. The molecule has 2 aromatic rings. The molecule has 2 heterocycles. The third-order valence-electron chi connectivity index (χ3n) is 2.36. The van der Waals surface area contributed by atoms with Gasteiger partial charge in [-0.05, 0) is 25.4 Å². The highest BCUT2D eigenvalue weighted by Crippen LogP contribution is 2.18. The Balaban J connectivity index is 1.91. The van der Waals surface area contributed by atoms with Gasteiger partial charge in [0, 0.05) is 10.9 Å². The van der Waals surface area contributed by atoms with Crippen LogP contribution in [0.4, 0.5) is 0 Å². The van der Waals surface area contributed by atoms with Crippen LogP contribution < -0.4 is 0 Å². The summed E-state index contributed by atoms with van der Waals surface area (Å²) in [6, 6.07) is 1.93. The highest BCUT2D eigenvalue weighted by molar-refractivity contribution is 7.08. The molecule has 0 amide bonds. The molecule has 0 unspecified atom stereocenters. The van der Waals surface area contributed by atoms with Crippen LogP contribution in [0.15, 0.2) is 21.3 Å². The van der Waals surface area contributed by atoms with Gasteiger partial charge < -0.3 is 9.26 Å². The van der Waals surface area contributed by atoms with E-state index in [4.69, 9.17) is 9.26 Å². The maximum Gasteiger partial charge on any atom is 0.320 e. The number of aromatic nitrogens is 2. The molecule has 19 heavy (non-hydrogen) atoms. The van der Waals surface area contributed by atoms with Crippen molar-refractivity contribution < 1.29 is 14.1 Å². The Kier molecular flexibility index (Phi) is 4.64. The van der Waals surface area contributed by atoms with Crippen molar-refractivity contribution in [1.29, 1.82) is 0 Å². The van der Waals surface area contributed by atoms with Crippen LogP contribution in [0.2, 0.25) is 0 Å². The Morgan fingerprint density at radius 3 is 3.11 bits per heavy atom. The predicted octanol–water partition coefficient (Wildman–Crippen LogP) is 1.79. The standard InChI is InChI=1S/C12H15N3O3S/c1-3-17-11(16)7-15(2)6-10-13-12(14-18-10)9-4-5-19-8-9/h4-5,8H,3,6-7H2,1-2H3. The summed E-state index contributed by atoms with van der Waals surface area (Å²) in [5.41, 5.74) is 0.938. The molecule has 0 radical (unpaired) electrons. The van der Waals surface area contributed by atoms with E-state index in [1.165, 1.54) is 0 Å². The topological polar surface area (TPSA) is 68.5 Å². The van der Waals surface area contributed by atoms with Crippen molar-refractivity contribution in [3.05, 3.63) is 22.7 Å². The van der Waals surface area contributed by atoms with Crippen LogP contribution in [0.1, 0.15) is 12.8 Å². The van der Waals surface area contributed by atoms with E-state index in [9.17, 15) is 4.79 Å². The lowest BCUT2D eigenvalue weighted by Gasteiger charge is -2.12. The molecule has 0 saturated heterocycles. The number of nitrogens with zero attached hydrogens (tertiary/aromatic N) is 3. The highest BCUT2D eigenvalue weighted by Gasteiger charge is 2.13. The Bertz CT molecular complexity index is 524. The summed E-state index contributed by atoms with van der Waals surface area (Å²) in [7, 11) is 1.80. The number of rotatable bonds is 6. The quantitative estimate of drug-likeness (QED) is 0.752. The molecular weight excluding hydrogens is 266 g/mol. The summed E-state index contributed by atoms with van der Waals surface area (Å²) in [6.07, 6.45) is 0. The lowest BCUT2D eigenvalue weighted by atomic mass is 10.3. The average molecular weight is 281 g/mol. The fourth-order valence-corrected chi connectivity index (χ4v) is 2.18. The molecule has 0 spiro atoms. The van der Waals surface area contributed by atoms with Gasteiger partial charge in [0.2, 0.25) is 11.7 Å². The molecular formula is C12H15N3O3S. The van der Waals surface area contributed by atoms with Crippen LogP contribution >= 0.6 is 11.3 Å². The molecule has 0 aliphatic heterocycles. The second kappa shape index (κ2) is 6.44. The first-order valence-corrected chi connectivity index (χ1v) is 6.82. The monoisotopic (exact) mass is 281 g/mol. The van der Waals surface area contributed by atoms with Crippen molar-refractivity contribution in [1.82, 2.24) is 15.0 Å². The highest BCUT2D eigenvalue weighted by atomic mass is 32.1. The zero-order valence-electron chi connectivity index (χ0n) is 10.8. The van der Waals surface area contributed by atoms with E-state index in [0.717, 1.165) is 5.56 Å². The Hall–Kier alpha value is -1.73. The van der Waals surface area contributed by atoms with Crippen molar-refractivity contribution in [2.45, 2.75) is 13.5 Å². The summed E-state index contributed by atoms with van der Waals surface area (Å²) in [6.45, 7) is 2.78. The second-order valence-corrected chi connectivity index (χ2v) is 4.78. The maximum atomic E-state index is 11.3. The molecule has 0 aromatic carbocycles. The smallest absolute Gasteiger partial charge is 0.320 e. The molecule has 6 nitrogen and oxygen atoms in total. The van der Waals surface area contributed by atoms with E-state index in [1.807, 2.05) is 16.8 Å². The number of esters is 1. The fourth-order valence-electron chi connectivity index (χ4n) is 1.54. The molecule has 0 atom stereocenters. The first-order valence-electron chi connectivity index (χ1n) is 5.88. The number of likely N-dealkylation sites (N-methyl/N-ethyl adjacent to an activating group) is 1. The van der Waals surface area contributed by atoms with Crippen LogP contribution in [0.5, 0.6) is 0 Å². The molecule has 0 saturated carbocycles. The van der Waals surface area contributed by atoms with E-state index in [0.29, 0.717) is 24.9 Å². The summed E-state index contributed by atoms with van der Waals surface area (Å²) in [5.74, 6) is 0.788. The number of thiophene rings is 1. The van der Waals surface area contributed by atoms with E-state index < -0.39 is 0 Å². The van der Waals surface area contributed by atoms with E-state index in [-0.39, 0.29) is 12.5 Å². The third-order valence-corrected chi connectivity index (χ3v) is 3.04. The maximum absolute atomic E-state index is 11.3. The summed E-state index contributed by atoms with van der Waals surface area (Å²) >= 11 is 1.58. The minimum Gasteiger partial charge on any atom is -0.465 e. The van der Waals surface area contributed by atoms with Crippen LogP contribution in [-0.2, 0) is 16.1 Å². The third kappa shape index (κ3) is 3.87. The molecule has 0 aliphatic rings.